The predicted molar refractivity (Wildman–Crippen MR) is 134 cm³/mol. The number of carbonyl (C=O) groups excluding carboxylic acids is 1. The number of likely N-dealkylation sites (N-methyl/N-ethyl adjacent to an activating group) is 1. The van der Waals surface area contributed by atoms with Crippen molar-refractivity contribution in [3.8, 4) is 5.75 Å². The van der Waals surface area contributed by atoms with Gasteiger partial charge in [-0.1, -0.05) is 60.1 Å². The zero-order chi connectivity index (χ0) is 23.0. The van der Waals surface area contributed by atoms with Crippen molar-refractivity contribution in [1.82, 2.24) is 9.80 Å². The van der Waals surface area contributed by atoms with Gasteiger partial charge in [0.2, 0.25) is 0 Å². The molecular weight excluding hydrogens is 432 g/mol. The average Bonchev–Trinajstić information content (AvgIpc) is 2.84. The van der Waals surface area contributed by atoms with E-state index < -0.39 is 0 Å². The van der Waals surface area contributed by atoms with Crippen molar-refractivity contribution in [3.63, 3.8) is 0 Å². The van der Waals surface area contributed by atoms with Crippen LogP contribution in [0.4, 0.5) is 0 Å². The van der Waals surface area contributed by atoms with Crippen molar-refractivity contribution in [2.45, 2.75) is 31.9 Å². The van der Waals surface area contributed by atoms with Crippen LogP contribution in [-0.2, 0) is 13.0 Å². The van der Waals surface area contributed by atoms with E-state index >= 15 is 0 Å². The Morgan fingerprint density at radius 3 is 2.45 bits per heavy atom. The van der Waals surface area contributed by atoms with Crippen LogP contribution in [0.2, 0.25) is 5.02 Å². The van der Waals surface area contributed by atoms with Crippen LogP contribution in [0.5, 0.6) is 5.75 Å². The number of nitrogens with zero attached hydrogens (tertiary/aromatic N) is 2. The van der Waals surface area contributed by atoms with Gasteiger partial charge in [-0.15, -0.1) is 0 Å². The lowest BCUT2D eigenvalue weighted by Gasteiger charge is -2.32. The monoisotopic (exact) mass is 462 g/mol. The predicted octanol–water partition coefficient (Wildman–Crippen LogP) is 5.70. The van der Waals surface area contributed by atoms with Crippen molar-refractivity contribution in [2.75, 3.05) is 26.7 Å². The average molecular weight is 463 g/mol. The van der Waals surface area contributed by atoms with Crippen molar-refractivity contribution in [3.05, 3.63) is 101 Å². The maximum Gasteiger partial charge on any atom is 0.253 e. The lowest BCUT2D eigenvalue weighted by Crippen LogP contribution is -2.41. The van der Waals surface area contributed by atoms with E-state index in [1.165, 1.54) is 11.1 Å². The van der Waals surface area contributed by atoms with Crippen LogP contribution in [0, 0.1) is 0 Å². The van der Waals surface area contributed by atoms with E-state index in [-0.39, 0.29) is 12.0 Å². The van der Waals surface area contributed by atoms with Gasteiger partial charge in [-0.3, -0.25) is 4.79 Å². The summed E-state index contributed by atoms with van der Waals surface area (Å²) in [4.78, 5) is 17.0. The Kier molecular flexibility index (Phi) is 8.03. The molecule has 4 rings (SSSR count). The Balaban J connectivity index is 1.25. The largest absolute Gasteiger partial charge is 0.490 e. The van der Waals surface area contributed by atoms with Gasteiger partial charge in [0.25, 0.3) is 5.91 Å². The number of halogens is 1. The number of likely N-dealkylation sites (tertiary alicyclic amines) is 1. The fourth-order valence-electron chi connectivity index (χ4n) is 4.25. The summed E-state index contributed by atoms with van der Waals surface area (Å²) in [5.41, 5.74) is 3.25. The number of hydrogen-bond donors (Lipinski definition) is 0. The summed E-state index contributed by atoms with van der Waals surface area (Å²) in [6.07, 6.45) is 2.82. The summed E-state index contributed by atoms with van der Waals surface area (Å²) in [7, 11) is 2.16. The first kappa shape index (κ1) is 23.3. The second-order valence-corrected chi connectivity index (χ2v) is 9.18. The Hall–Kier alpha value is -2.82. The third-order valence-electron chi connectivity index (χ3n) is 6.08. The van der Waals surface area contributed by atoms with Gasteiger partial charge in [0.1, 0.15) is 11.9 Å². The highest BCUT2D eigenvalue weighted by Gasteiger charge is 2.25. The molecule has 3 aromatic rings. The molecule has 0 aromatic heterocycles. The number of hydrogen-bond acceptors (Lipinski definition) is 3. The highest BCUT2D eigenvalue weighted by atomic mass is 35.5. The van der Waals surface area contributed by atoms with Gasteiger partial charge in [-0.05, 0) is 54.9 Å². The number of benzene rings is 3. The summed E-state index contributed by atoms with van der Waals surface area (Å²) in [6.45, 7) is 3.28. The van der Waals surface area contributed by atoms with Crippen molar-refractivity contribution in [2.24, 2.45) is 0 Å². The van der Waals surface area contributed by atoms with Gasteiger partial charge in [0.15, 0.2) is 0 Å². The molecule has 0 bridgehead atoms. The van der Waals surface area contributed by atoms with Crippen LogP contribution >= 0.6 is 11.6 Å². The molecule has 1 aliphatic heterocycles. The molecule has 0 radical (unpaired) electrons. The lowest BCUT2D eigenvalue weighted by atomic mass is 10.1. The molecule has 3 aromatic carbocycles. The van der Waals surface area contributed by atoms with E-state index in [2.05, 4.69) is 60.5 Å². The summed E-state index contributed by atoms with van der Waals surface area (Å²) in [6, 6.07) is 26.1. The summed E-state index contributed by atoms with van der Waals surface area (Å²) in [5, 5.41) is 0.588. The first-order chi connectivity index (χ1) is 16.1. The van der Waals surface area contributed by atoms with E-state index in [0.29, 0.717) is 23.7 Å². The van der Waals surface area contributed by atoms with Crippen molar-refractivity contribution >= 4 is 17.5 Å². The molecule has 172 valence electrons. The first-order valence-corrected chi connectivity index (χ1v) is 12.0. The molecular formula is C28H31ClN2O2. The van der Waals surface area contributed by atoms with Crippen molar-refractivity contribution in [1.29, 1.82) is 0 Å². The fraction of sp³-hybridized carbons (Fsp3) is 0.321. The van der Waals surface area contributed by atoms with Crippen LogP contribution in [-0.4, -0.2) is 48.5 Å². The molecule has 1 aliphatic rings. The Labute approximate surface area is 201 Å². The number of amides is 1. The highest BCUT2D eigenvalue weighted by molar-refractivity contribution is 6.30. The normalized spacial score (nSPS) is 14.5. The van der Waals surface area contributed by atoms with Crippen molar-refractivity contribution < 1.29 is 9.53 Å². The number of ether oxygens (including phenoxy) is 1. The molecule has 1 amide bonds. The Morgan fingerprint density at radius 2 is 1.70 bits per heavy atom. The molecule has 5 heteroatoms. The Morgan fingerprint density at radius 1 is 0.970 bits per heavy atom. The summed E-state index contributed by atoms with van der Waals surface area (Å²) >= 11 is 6.04. The van der Waals surface area contributed by atoms with E-state index in [1.807, 2.05) is 23.1 Å². The van der Waals surface area contributed by atoms with Crippen LogP contribution in [0.1, 0.15) is 34.3 Å². The van der Waals surface area contributed by atoms with Gasteiger partial charge in [0.05, 0.1) is 0 Å². The molecule has 1 fully saturated rings. The van der Waals surface area contributed by atoms with Gasteiger partial charge in [-0.25, -0.2) is 0 Å². The van der Waals surface area contributed by atoms with E-state index in [9.17, 15) is 4.79 Å². The second kappa shape index (κ2) is 11.4. The minimum atomic E-state index is 0.0384. The summed E-state index contributed by atoms with van der Waals surface area (Å²) in [5.74, 6) is 0.945. The number of carbonyl (C=O) groups is 1. The molecule has 0 unspecified atom stereocenters. The maximum absolute atomic E-state index is 12.7. The minimum Gasteiger partial charge on any atom is -0.490 e. The molecule has 4 nitrogen and oxygen atoms in total. The highest BCUT2D eigenvalue weighted by Crippen LogP contribution is 2.22. The standard InChI is InChI=1S/C28H31ClN2O2/c1-30(16-13-22-7-3-2-4-8-22)21-23-9-5-12-27(19-23)33-26-14-17-31(18-15-26)28(32)24-10-6-11-25(29)20-24/h2-12,19-20,26H,13-18,21H2,1H3. The quantitative estimate of drug-likeness (QED) is 0.430. The SMILES string of the molecule is CN(CCc1ccccc1)Cc1cccc(OC2CCN(C(=O)c3cccc(Cl)c3)CC2)c1. The third kappa shape index (κ3) is 6.83. The van der Waals surface area contributed by atoms with Gasteiger partial charge in [0, 0.05) is 49.6 Å². The molecule has 0 aliphatic carbocycles. The topological polar surface area (TPSA) is 32.8 Å². The zero-order valence-electron chi connectivity index (χ0n) is 19.1. The van der Waals surface area contributed by atoms with Crippen LogP contribution in [0.25, 0.3) is 0 Å². The van der Waals surface area contributed by atoms with E-state index in [1.54, 1.807) is 12.1 Å². The first-order valence-electron chi connectivity index (χ1n) is 11.6. The smallest absolute Gasteiger partial charge is 0.253 e. The molecule has 33 heavy (non-hydrogen) atoms. The van der Waals surface area contributed by atoms with Gasteiger partial charge >= 0.3 is 0 Å². The molecule has 0 N–H and O–H groups in total. The molecule has 1 saturated heterocycles. The third-order valence-corrected chi connectivity index (χ3v) is 6.31. The fourth-order valence-corrected chi connectivity index (χ4v) is 4.44. The number of rotatable bonds is 8. The lowest BCUT2D eigenvalue weighted by molar-refractivity contribution is 0.0595. The van der Waals surface area contributed by atoms with Crippen LogP contribution in [0.3, 0.4) is 0 Å². The zero-order valence-corrected chi connectivity index (χ0v) is 19.9. The van der Waals surface area contributed by atoms with Gasteiger partial charge in [-0.2, -0.15) is 0 Å². The molecule has 0 saturated carbocycles. The maximum atomic E-state index is 12.7. The van der Waals surface area contributed by atoms with E-state index in [0.717, 1.165) is 38.1 Å². The number of piperidine rings is 1. The van der Waals surface area contributed by atoms with E-state index in [4.69, 9.17) is 16.3 Å². The second-order valence-electron chi connectivity index (χ2n) is 8.74. The van der Waals surface area contributed by atoms with Crippen LogP contribution < -0.4 is 4.74 Å². The molecule has 0 atom stereocenters. The minimum absolute atomic E-state index is 0.0384. The summed E-state index contributed by atoms with van der Waals surface area (Å²) < 4.78 is 6.28. The molecule has 0 spiro atoms. The van der Waals surface area contributed by atoms with Gasteiger partial charge < -0.3 is 14.5 Å². The Bertz CT molecular complexity index is 1050. The van der Waals surface area contributed by atoms with Crippen LogP contribution in [0.15, 0.2) is 78.9 Å². The molecule has 1 heterocycles.